The second-order valence-corrected chi connectivity index (χ2v) is 8.95. The van der Waals surface area contributed by atoms with Crippen molar-refractivity contribution in [3.63, 3.8) is 0 Å². The Morgan fingerprint density at radius 2 is 1.90 bits per heavy atom. The first-order valence-electron chi connectivity index (χ1n) is 8.75. The lowest BCUT2D eigenvalue weighted by molar-refractivity contribution is 0.141. The highest BCUT2D eigenvalue weighted by molar-refractivity contribution is 7.99. The third-order valence-corrected chi connectivity index (χ3v) is 6.92. The van der Waals surface area contributed by atoms with Crippen molar-refractivity contribution in [1.29, 1.82) is 0 Å². The Bertz CT molecular complexity index is 262. The van der Waals surface area contributed by atoms with E-state index in [9.17, 15) is 0 Å². The quantitative estimate of drug-likeness (QED) is 0.648. The molecule has 1 nitrogen and oxygen atoms in total. The molecule has 3 unspecified atom stereocenters. The third kappa shape index (κ3) is 5.60. The first-order valence-corrected chi connectivity index (χ1v) is 9.80. The molecular formula is C18H37NS. The molecule has 0 saturated heterocycles. The van der Waals surface area contributed by atoms with Crippen molar-refractivity contribution in [2.75, 3.05) is 12.3 Å². The molecule has 0 radical (unpaired) electrons. The van der Waals surface area contributed by atoms with Gasteiger partial charge in [0.1, 0.15) is 0 Å². The maximum absolute atomic E-state index is 3.81. The average Bonchev–Trinajstić information content (AvgIpc) is 2.43. The van der Waals surface area contributed by atoms with E-state index in [-0.39, 0.29) is 0 Å². The molecule has 0 aliphatic heterocycles. The molecule has 120 valence electrons. The van der Waals surface area contributed by atoms with E-state index in [1.807, 2.05) is 0 Å². The monoisotopic (exact) mass is 299 g/mol. The molecule has 0 bridgehead atoms. The summed E-state index contributed by atoms with van der Waals surface area (Å²) >= 11 is 2.23. The Morgan fingerprint density at radius 3 is 2.45 bits per heavy atom. The number of hydrogen-bond donors (Lipinski definition) is 1. The van der Waals surface area contributed by atoms with E-state index in [0.29, 0.717) is 5.41 Å². The van der Waals surface area contributed by atoms with Gasteiger partial charge in [0.25, 0.3) is 0 Å². The number of hydrogen-bond acceptors (Lipinski definition) is 2. The van der Waals surface area contributed by atoms with Crippen LogP contribution in [0.1, 0.15) is 73.6 Å². The Morgan fingerprint density at radius 1 is 1.20 bits per heavy atom. The van der Waals surface area contributed by atoms with Gasteiger partial charge in [0.05, 0.1) is 0 Å². The van der Waals surface area contributed by atoms with E-state index >= 15 is 0 Å². The van der Waals surface area contributed by atoms with Crippen LogP contribution >= 0.6 is 11.8 Å². The molecule has 1 saturated carbocycles. The predicted octanol–water partition coefficient (Wildman–Crippen LogP) is 5.35. The molecule has 1 rings (SSSR count). The summed E-state index contributed by atoms with van der Waals surface area (Å²) in [5, 5.41) is 4.64. The van der Waals surface area contributed by atoms with Crippen LogP contribution in [0.5, 0.6) is 0 Å². The zero-order valence-corrected chi connectivity index (χ0v) is 15.5. The second-order valence-electron chi connectivity index (χ2n) is 7.68. The molecule has 0 aromatic heterocycles. The highest BCUT2D eigenvalue weighted by Gasteiger charge is 2.37. The first kappa shape index (κ1) is 18.4. The fourth-order valence-corrected chi connectivity index (χ4v) is 4.66. The van der Waals surface area contributed by atoms with Crippen LogP contribution in [0, 0.1) is 17.3 Å². The van der Waals surface area contributed by atoms with Gasteiger partial charge in [0.2, 0.25) is 0 Å². The zero-order valence-electron chi connectivity index (χ0n) is 14.7. The summed E-state index contributed by atoms with van der Waals surface area (Å²) in [5.74, 6) is 3.04. The van der Waals surface area contributed by atoms with Gasteiger partial charge >= 0.3 is 0 Å². The van der Waals surface area contributed by atoms with Crippen LogP contribution in [0.4, 0.5) is 0 Å². The first-order chi connectivity index (χ1) is 9.40. The number of rotatable bonds is 8. The fourth-order valence-electron chi connectivity index (χ4n) is 3.19. The lowest BCUT2D eigenvalue weighted by atomic mass is 9.68. The van der Waals surface area contributed by atoms with Crippen molar-refractivity contribution >= 4 is 11.8 Å². The summed E-state index contributed by atoms with van der Waals surface area (Å²) < 4.78 is 0. The topological polar surface area (TPSA) is 12.0 Å². The van der Waals surface area contributed by atoms with Gasteiger partial charge in [0.15, 0.2) is 0 Å². The SMILES string of the molecule is CCCNC1CCC(C(C)(C)CC)CC1SCC(C)C. The van der Waals surface area contributed by atoms with E-state index in [1.54, 1.807) is 0 Å². The molecule has 1 aliphatic carbocycles. The molecule has 1 fully saturated rings. The average molecular weight is 300 g/mol. The van der Waals surface area contributed by atoms with Crippen LogP contribution in [0.2, 0.25) is 0 Å². The maximum Gasteiger partial charge on any atom is 0.0204 e. The normalized spacial score (nSPS) is 28.1. The third-order valence-electron chi connectivity index (χ3n) is 5.11. The molecule has 1 aliphatic rings. The molecular weight excluding hydrogens is 262 g/mol. The van der Waals surface area contributed by atoms with Gasteiger partial charge in [0, 0.05) is 11.3 Å². The van der Waals surface area contributed by atoms with Crippen molar-refractivity contribution in [1.82, 2.24) is 5.32 Å². The summed E-state index contributed by atoms with van der Waals surface area (Å²) in [6.07, 6.45) is 6.78. The van der Waals surface area contributed by atoms with Crippen LogP contribution in [-0.4, -0.2) is 23.6 Å². The zero-order chi connectivity index (χ0) is 15.2. The van der Waals surface area contributed by atoms with Gasteiger partial charge in [-0.05, 0) is 55.2 Å². The summed E-state index contributed by atoms with van der Waals surface area (Å²) in [7, 11) is 0. The van der Waals surface area contributed by atoms with Crippen LogP contribution in [0.25, 0.3) is 0 Å². The van der Waals surface area contributed by atoms with Crippen molar-refractivity contribution in [2.45, 2.75) is 84.9 Å². The highest BCUT2D eigenvalue weighted by Crippen LogP contribution is 2.43. The van der Waals surface area contributed by atoms with Crippen LogP contribution in [0.15, 0.2) is 0 Å². The van der Waals surface area contributed by atoms with Crippen LogP contribution < -0.4 is 5.32 Å². The lowest BCUT2D eigenvalue weighted by Gasteiger charge is -2.43. The number of thioether (sulfide) groups is 1. The summed E-state index contributed by atoms with van der Waals surface area (Å²) in [5.41, 5.74) is 0.520. The van der Waals surface area contributed by atoms with E-state index in [2.05, 4.69) is 58.6 Å². The molecule has 1 N–H and O–H groups in total. The molecule has 0 heterocycles. The van der Waals surface area contributed by atoms with Crippen LogP contribution in [-0.2, 0) is 0 Å². The van der Waals surface area contributed by atoms with Crippen molar-refractivity contribution in [3.05, 3.63) is 0 Å². The van der Waals surface area contributed by atoms with E-state index in [0.717, 1.165) is 23.1 Å². The van der Waals surface area contributed by atoms with E-state index in [4.69, 9.17) is 0 Å². The Kier molecular flexibility index (Phi) is 7.97. The van der Waals surface area contributed by atoms with Gasteiger partial charge in [-0.15, -0.1) is 0 Å². The molecule has 0 spiro atoms. The summed E-state index contributed by atoms with van der Waals surface area (Å²) in [6, 6.07) is 0.752. The minimum Gasteiger partial charge on any atom is -0.313 e. The van der Waals surface area contributed by atoms with E-state index in [1.165, 1.54) is 44.4 Å². The minimum atomic E-state index is 0.520. The molecule has 0 aromatic rings. The van der Waals surface area contributed by atoms with Gasteiger partial charge in [-0.3, -0.25) is 0 Å². The standard InChI is InChI=1S/C18H37NS/c1-7-11-19-16-10-9-15(18(5,6)8-2)12-17(16)20-13-14(3)4/h14-17,19H,7-13H2,1-6H3. The molecule has 20 heavy (non-hydrogen) atoms. The molecule has 3 atom stereocenters. The van der Waals surface area contributed by atoms with E-state index < -0.39 is 0 Å². The van der Waals surface area contributed by atoms with Crippen molar-refractivity contribution < 1.29 is 0 Å². The Labute approximate surface area is 132 Å². The minimum absolute atomic E-state index is 0.520. The Balaban J connectivity index is 2.62. The largest absolute Gasteiger partial charge is 0.313 e. The van der Waals surface area contributed by atoms with Crippen molar-refractivity contribution in [2.24, 2.45) is 17.3 Å². The summed E-state index contributed by atoms with van der Waals surface area (Å²) in [4.78, 5) is 0. The van der Waals surface area contributed by atoms with Gasteiger partial charge < -0.3 is 5.32 Å². The summed E-state index contributed by atoms with van der Waals surface area (Å²) in [6.45, 7) is 15.5. The van der Waals surface area contributed by atoms with Gasteiger partial charge in [-0.1, -0.05) is 48.0 Å². The fraction of sp³-hybridized carbons (Fsp3) is 1.00. The van der Waals surface area contributed by atoms with Crippen LogP contribution in [0.3, 0.4) is 0 Å². The molecule has 2 heteroatoms. The van der Waals surface area contributed by atoms with Gasteiger partial charge in [-0.25, -0.2) is 0 Å². The molecule has 0 amide bonds. The Hall–Kier alpha value is 0.310. The highest BCUT2D eigenvalue weighted by atomic mass is 32.2. The smallest absolute Gasteiger partial charge is 0.0204 e. The predicted molar refractivity (Wildman–Crippen MR) is 94.6 cm³/mol. The van der Waals surface area contributed by atoms with Gasteiger partial charge in [-0.2, -0.15) is 11.8 Å². The number of nitrogens with one attached hydrogen (secondary N) is 1. The van der Waals surface area contributed by atoms with Crippen molar-refractivity contribution in [3.8, 4) is 0 Å². The molecule has 0 aromatic carbocycles. The lowest BCUT2D eigenvalue weighted by Crippen LogP contribution is -2.45. The second kappa shape index (κ2) is 8.68. The maximum atomic E-state index is 3.81.